The number of amides is 1. The lowest BCUT2D eigenvalue weighted by molar-refractivity contribution is -0.147. The van der Waals surface area contributed by atoms with Gasteiger partial charge >= 0.3 is 5.97 Å². The minimum absolute atomic E-state index is 0.147. The number of rotatable bonds is 12. The topological polar surface area (TPSA) is 73.2 Å². The number of hydrogen-bond acceptors (Lipinski definition) is 4. The molecule has 0 spiro atoms. The summed E-state index contributed by atoms with van der Waals surface area (Å²) in [5.41, 5.74) is 1.97. The van der Waals surface area contributed by atoms with E-state index in [4.69, 9.17) is 16.3 Å². The number of imidazole rings is 1. The summed E-state index contributed by atoms with van der Waals surface area (Å²) in [5.74, 6) is 0.409. The summed E-state index contributed by atoms with van der Waals surface area (Å²) in [5, 5.41) is 3.57. The Morgan fingerprint density at radius 1 is 1.17 bits per heavy atom. The fourth-order valence-corrected chi connectivity index (χ4v) is 3.62. The van der Waals surface area contributed by atoms with E-state index in [0.717, 1.165) is 47.8 Å². The summed E-state index contributed by atoms with van der Waals surface area (Å²) < 4.78 is 7.34. The number of benzene rings is 1. The molecule has 2 rings (SSSR count). The number of carbonyl (C=O) groups is 2. The zero-order valence-corrected chi connectivity index (χ0v) is 18.9. The van der Waals surface area contributed by atoms with Crippen molar-refractivity contribution >= 4 is 23.5 Å². The molecule has 1 heterocycles. The molecule has 0 saturated heterocycles. The van der Waals surface area contributed by atoms with Gasteiger partial charge in [-0.3, -0.25) is 4.79 Å². The molecule has 0 fully saturated rings. The average Bonchev–Trinajstić information content (AvgIpc) is 3.09. The van der Waals surface area contributed by atoms with Crippen molar-refractivity contribution in [3.63, 3.8) is 0 Å². The lowest BCUT2D eigenvalue weighted by Gasteiger charge is -2.19. The molecule has 30 heavy (non-hydrogen) atoms. The number of esters is 1. The Morgan fingerprint density at radius 3 is 2.60 bits per heavy atom. The van der Waals surface area contributed by atoms with E-state index in [0.29, 0.717) is 19.4 Å². The van der Waals surface area contributed by atoms with Crippen molar-refractivity contribution in [3.8, 4) is 0 Å². The highest BCUT2D eigenvalue weighted by Crippen LogP contribution is 2.18. The molecule has 1 N–H and O–H groups in total. The predicted octanol–water partition coefficient (Wildman–Crippen LogP) is 4.12. The number of nitrogens with one attached hydrogen (secondary N) is 1. The number of nitrogens with zero attached hydrogens (tertiary/aromatic N) is 2. The molecular weight excluding hydrogens is 402 g/mol. The maximum Gasteiger partial charge on any atom is 0.329 e. The van der Waals surface area contributed by atoms with Gasteiger partial charge in [0.2, 0.25) is 5.91 Å². The maximum absolute atomic E-state index is 12.5. The number of hydrogen-bond donors (Lipinski definition) is 1. The molecule has 0 aliphatic rings. The second-order valence-corrected chi connectivity index (χ2v) is 7.64. The molecule has 1 aromatic heterocycles. The molecule has 0 bridgehead atoms. The van der Waals surface area contributed by atoms with Crippen molar-refractivity contribution in [1.82, 2.24) is 14.9 Å². The predicted molar refractivity (Wildman–Crippen MR) is 119 cm³/mol. The summed E-state index contributed by atoms with van der Waals surface area (Å²) in [6.07, 6.45) is 5.81. The summed E-state index contributed by atoms with van der Waals surface area (Å²) >= 11 is 6.32. The number of carbonyl (C=O) groups excluding carboxylic acids is 2. The van der Waals surface area contributed by atoms with E-state index in [1.807, 2.05) is 31.2 Å². The van der Waals surface area contributed by atoms with Crippen LogP contribution in [-0.4, -0.2) is 34.1 Å². The van der Waals surface area contributed by atoms with Crippen molar-refractivity contribution < 1.29 is 14.3 Å². The third kappa shape index (κ3) is 6.87. The summed E-state index contributed by atoms with van der Waals surface area (Å²) in [7, 11) is 0. The van der Waals surface area contributed by atoms with Gasteiger partial charge in [-0.25, -0.2) is 9.78 Å². The van der Waals surface area contributed by atoms with Gasteiger partial charge in [0.1, 0.15) is 11.9 Å². The molecular formula is C23H32ClN3O3. The highest BCUT2D eigenvalue weighted by Gasteiger charge is 2.24. The van der Waals surface area contributed by atoms with Gasteiger partial charge in [-0.1, -0.05) is 43.6 Å². The normalized spacial score (nSPS) is 11.9. The second-order valence-electron chi connectivity index (χ2n) is 7.24. The van der Waals surface area contributed by atoms with Crippen molar-refractivity contribution in [2.75, 3.05) is 6.61 Å². The standard InChI is InChI=1S/C23H32ClN3O3/c1-4-9-21-25-16-18(27(21)14-13-17-11-7-8-12-19(17)24)15-20(23(29)30-6-3)26-22(28)10-5-2/h7-8,11-12,16,20H,4-6,9-10,13-15H2,1-3H3,(H,26,28)/t20-/m0/s1. The first-order valence-electron chi connectivity index (χ1n) is 10.7. The highest BCUT2D eigenvalue weighted by molar-refractivity contribution is 6.31. The van der Waals surface area contributed by atoms with Crippen molar-refractivity contribution in [2.45, 2.75) is 71.9 Å². The largest absolute Gasteiger partial charge is 0.464 e. The smallest absolute Gasteiger partial charge is 0.329 e. The van der Waals surface area contributed by atoms with Crippen molar-refractivity contribution in [3.05, 3.63) is 52.6 Å². The Balaban J connectivity index is 2.23. The first-order valence-corrected chi connectivity index (χ1v) is 11.1. The first-order chi connectivity index (χ1) is 14.5. The van der Waals surface area contributed by atoms with Crippen LogP contribution in [0.15, 0.2) is 30.5 Å². The van der Waals surface area contributed by atoms with Crippen molar-refractivity contribution in [1.29, 1.82) is 0 Å². The molecule has 1 aromatic carbocycles. The zero-order valence-electron chi connectivity index (χ0n) is 18.1. The average molecular weight is 434 g/mol. The minimum atomic E-state index is -0.728. The van der Waals surface area contributed by atoms with E-state index in [1.165, 1.54) is 0 Å². The van der Waals surface area contributed by atoms with E-state index < -0.39 is 12.0 Å². The highest BCUT2D eigenvalue weighted by atomic mass is 35.5. The molecule has 164 valence electrons. The van der Waals surface area contributed by atoms with Crippen LogP contribution < -0.4 is 5.32 Å². The van der Waals surface area contributed by atoms with Crippen molar-refractivity contribution in [2.24, 2.45) is 0 Å². The van der Waals surface area contributed by atoms with Crippen LogP contribution in [0.3, 0.4) is 0 Å². The molecule has 0 aliphatic heterocycles. The van der Waals surface area contributed by atoms with Crippen LogP contribution in [0.2, 0.25) is 5.02 Å². The number of aromatic nitrogens is 2. The molecule has 0 aliphatic carbocycles. The summed E-state index contributed by atoms with van der Waals surface area (Å²) in [4.78, 5) is 29.2. The van der Waals surface area contributed by atoms with Crippen LogP contribution in [0.25, 0.3) is 0 Å². The zero-order chi connectivity index (χ0) is 21.9. The molecule has 1 amide bonds. The maximum atomic E-state index is 12.5. The minimum Gasteiger partial charge on any atom is -0.464 e. The van der Waals surface area contributed by atoms with Crippen LogP contribution in [0.5, 0.6) is 0 Å². The lowest BCUT2D eigenvalue weighted by atomic mass is 10.1. The molecule has 6 nitrogen and oxygen atoms in total. The third-order valence-electron chi connectivity index (χ3n) is 4.85. The fraction of sp³-hybridized carbons (Fsp3) is 0.522. The van der Waals surface area contributed by atoms with E-state index in [1.54, 1.807) is 13.1 Å². The van der Waals surface area contributed by atoms with Crippen LogP contribution >= 0.6 is 11.6 Å². The molecule has 0 radical (unpaired) electrons. The molecule has 1 atom stereocenters. The number of halogens is 1. The molecule has 2 aromatic rings. The Kier molecular flexibility index (Phi) is 9.87. The quantitative estimate of drug-likeness (QED) is 0.511. The van der Waals surface area contributed by atoms with Gasteiger partial charge < -0.3 is 14.6 Å². The Morgan fingerprint density at radius 2 is 1.93 bits per heavy atom. The first kappa shape index (κ1) is 23.9. The van der Waals surface area contributed by atoms with E-state index in [-0.39, 0.29) is 12.5 Å². The lowest BCUT2D eigenvalue weighted by Crippen LogP contribution is -2.43. The molecule has 7 heteroatoms. The summed E-state index contributed by atoms with van der Waals surface area (Å²) in [6, 6.07) is 7.07. The molecule has 0 unspecified atom stereocenters. The van der Waals surface area contributed by atoms with Crippen LogP contribution in [-0.2, 0) is 40.1 Å². The number of ether oxygens (including phenoxy) is 1. The van der Waals surface area contributed by atoms with Gasteiger partial charge in [-0.15, -0.1) is 0 Å². The van der Waals surface area contributed by atoms with E-state index in [2.05, 4.69) is 21.8 Å². The van der Waals surface area contributed by atoms with Gasteiger partial charge in [-0.2, -0.15) is 0 Å². The van der Waals surface area contributed by atoms with Crippen LogP contribution in [0, 0.1) is 0 Å². The van der Waals surface area contributed by atoms with Crippen LogP contribution in [0.4, 0.5) is 0 Å². The monoisotopic (exact) mass is 433 g/mol. The van der Waals surface area contributed by atoms with Gasteiger partial charge in [0.05, 0.1) is 6.61 Å². The van der Waals surface area contributed by atoms with E-state index in [9.17, 15) is 9.59 Å². The van der Waals surface area contributed by atoms with Gasteiger partial charge in [0.15, 0.2) is 0 Å². The van der Waals surface area contributed by atoms with Gasteiger partial charge in [-0.05, 0) is 37.8 Å². The number of aryl methyl sites for hydroxylation is 2. The van der Waals surface area contributed by atoms with E-state index >= 15 is 0 Å². The Hall–Kier alpha value is -2.34. The van der Waals surface area contributed by atoms with Gasteiger partial charge in [0.25, 0.3) is 0 Å². The summed E-state index contributed by atoms with van der Waals surface area (Å²) in [6.45, 7) is 6.77. The molecule has 0 saturated carbocycles. The van der Waals surface area contributed by atoms with Gasteiger partial charge in [0, 0.05) is 42.7 Å². The Bertz CT molecular complexity index is 835. The Labute approximate surface area is 184 Å². The second kappa shape index (κ2) is 12.4. The van der Waals surface area contributed by atoms with Crippen LogP contribution in [0.1, 0.15) is 57.1 Å². The fourth-order valence-electron chi connectivity index (χ4n) is 3.39. The SMILES string of the molecule is CCCC(=O)N[C@@H](Cc1cnc(CCC)n1CCc1ccccc1Cl)C(=O)OCC. The third-order valence-corrected chi connectivity index (χ3v) is 5.22.